The van der Waals surface area contributed by atoms with Crippen molar-refractivity contribution in [1.82, 2.24) is 0 Å². The van der Waals surface area contributed by atoms with E-state index >= 15 is 0 Å². The van der Waals surface area contributed by atoms with Gasteiger partial charge in [0.2, 0.25) is 0 Å². The van der Waals surface area contributed by atoms with E-state index in [9.17, 15) is 0 Å². The molecule has 0 amide bonds. The first-order valence-electron chi connectivity index (χ1n) is 4.83. The predicted molar refractivity (Wildman–Crippen MR) is 66.6 cm³/mol. The van der Waals surface area contributed by atoms with Crippen molar-refractivity contribution in [3.8, 4) is 5.75 Å². The fourth-order valence-electron chi connectivity index (χ4n) is 1.30. The van der Waals surface area contributed by atoms with Gasteiger partial charge in [0.05, 0.1) is 12.2 Å². The lowest BCUT2D eigenvalue weighted by atomic mass is 10.2. The highest BCUT2D eigenvalue weighted by Crippen LogP contribution is 2.28. The van der Waals surface area contributed by atoms with Crippen LogP contribution in [0.2, 0.25) is 0 Å². The molecular formula is C11H16N2O2S. The summed E-state index contributed by atoms with van der Waals surface area (Å²) in [6.45, 7) is 0.968. The summed E-state index contributed by atoms with van der Waals surface area (Å²) in [5.74, 6) is 0.661. The molecule has 16 heavy (non-hydrogen) atoms. The van der Waals surface area contributed by atoms with Crippen LogP contribution in [0.5, 0.6) is 5.75 Å². The Morgan fingerprint density at radius 3 is 2.75 bits per heavy atom. The molecule has 0 unspecified atom stereocenters. The van der Waals surface area contributed by atoms with Crippen molar-refractivity contribution in [3.05, 3.63) is 23.8 Å². The van der Waals surface area contributed by atoms with Gasteiger partial charge in [-0.1, -0.05) is 6.07 Å². The Balaban J connectivity index is 2.93. The molecule has 0 aliphatic carbocycles. The molecule has 88 valence electrons. The Morgan fingerprint density at radius 2 is 2.19 bits per heavy atom. The third kappa shape index (κ3) is 3.15. The minimum atomic E-state index is 0.0253. The first kappa shape index (κ1) is 12.9. The molecule has 0 radical (unpaired) electrons. The molecule has 0 bridgehead atoms. The lowest BCUT2D eigenvalue weighted by Gasteiger charge is -2.13. The molecule has 0 spiro atoms. The van der Waals surface area contributed by atoms with E-state index in [4.69, 9.17) is 20.6 Å². The zero-order valence-electron chi connectivity index (χ0n) is 9.45. The highest BCUT2D eigenvalue weighted by atomic mass is 32.2. The van der Waals surface area contributed by atoms with Crippen molar-refractivity contribution in [1.29, 1.82) is 5.41 Å². The van der Waals surface area contributed by atoms with Crippen LogP contribution in [0.4, 0.5) is 0 Å². The number of ether oxygens (including phenoxy) is 2. The highest BCUT2D eigenvalue weighted by Gasteiger charge is 2.11. The van der Waals surface area contributed by atoms with E-state index in [2.05, 4.69) is 0 Å². The van der Waals surface area contributed by atoms with E-state index in [-0.39, 0.29) is 5.84 Å². The Kier molecular flexibility index (Phi) is 5.14. The second-order valence-corrected chi connectivity index (χ2v) is 3.94. The number of nitrogens with two attached hydrogens (primary N) is 1. The number of methoxy groups -OCH3 is 1. The van der Waals surface area contributed by atoms with Gasteiger partial charge < -0.3 is 15.2 Å². The zero-order valence-corrected chi connectivity index (χ0v) is 10.3. The lowest BCUT2D eigenvalue weighted by molar-refractivity contribution is 0.146. The number of thioether (sulfide) groups is 1. The summed E-state index contributed by atoms with van der Waals surface area (Å²) in [4.78, 5) is 0.947. The summed E-state index contributed by atoms with van der Waals surface area (Å²) in [5.41, 5.74) is 6.21. The minimum Gasteiger partial charge on any atom is -0.490 e. The van der Waals surface area contributed by atoms with E-state index in [1.165, 1.54) is 0 Å². The molecule has 1 aromatic rings. The van der Waals surface area contributed by atoms with Crippen molar-refractivity contribution < 1.29 is 9.47 Å². The first-order valence-corrected chi connectivity index (χ1v) is 6.06. The summed E-state index contributed by atoms with van der Waals surface area (Å²) in [6, 6.07) is 5.62. The van der Waals surface area contributed by atoms with Crippen LogP contribution in [0.3, 0.4) is 0 Å². The maximum absolute atomic E-state index is 7.55. The molecule has 0 saturated heterocycles. The van der Waals surface area contributed by atoms with Crippen molar-refractivity contribution in [3.63, 3.8) is 0 Å². The van der Waals surface area contributed by atoms with Crippen LogP contribution in [0.25, 0.3) is 0 Å². The molecule has 0 fully saturated rings. The van der Waals surface area contributed by atoms with Crippen molar-refractivity contribution in [2.24, 2.45) is 5.73 Å². The maximum atomic E-state index is 7.55. The standard InChI is InChI=1S/C11H16N2O2S/c1-14-6-7-15-8-4-3-5-9(16-2)10(8)11(12)13/h3-5H,6-7H2,1-2H3,(H3,12,13). The third-order valence-corrected chi connectivity index (χ3v) is 2.80. The fourth-order valence-corrected chi connectivity index (χ4v) is 1.93. The van der Waals surface area contributed by atoms with Crippen LogP contribution in [-0.2, 0) is 4.74 Å². The van der Waals surface area contributed by atoms with E-state index in [1.807, 2.05) is 24.5 Å². The summed E-state index contributed by atoms with van der Waals surface area (Å²) < 4.78 is 10.4. The van der Waals surface area contributed by atoms with E-state index < -0.39 is 0 Å². The SMILES string of the molecule is COCCOc1cccc(SC)c1C(=N)N. The van der Waals surface area contributed by atoms with Crippen LogP contribution < -0.4 is 10.5 Å². The van der Waals surface area contributed by atoms with Crippen LogP contribution >= 0.6 is 11.8 Å². The van der Waals surface area contributed by atoms with Gasteiger partial charge in [0.15, 0.2) is 0 Å². The van der Waals surface area contributed by atoms with Crippen molar-refractivity contribution in [2.75, 3.05) is 26.6 Å². The van der Waals surface area contributed by atoms with Gasteiger partial charge in [-0.3, -0.25) is 5.41 Å². The average molecular weight is 240 g/mol. The van der Waals surface area contributed by atoms with E-state index in [0.29, 0.717) is 24.5 Å². The molecule has 0 aromatic heterocycles. The monoisotopic (exact) mass is 240 g/mol. The Labute approximate surface area is 99.6 Å². The first-order chi connectivity index (χ1) is 7.70. The van der Waals surface area contributed by atoms with Crippen molar-refractivity contribution in [2.45, 2.75) is 4.90 Å². The Morgan fingerprint density at radius 1 is 1.44 bits per heavy atom. The predicted octanol–water partition coefficient (Wildman–Crippen LogP) is 1.72. The highest BCUT2D eigenvalue weighted by molar-refractivity contribution is 7.98. The third-order valence-electron chi connectivity index (χ3n) is 2.02. The molecule has 0 heterocycles. The van der Waals surface area contributed by atoms with Crippen LogP contribution in [0, 0.1) is 5.41 Å². The Hall–Kier alpha value is -1.20. The topological polar surface area (TPSA) is 68.3 Å². The van der Waals surface area contributed by atoms with Gasteiger partial charge in [0.1, 0.15) is 18.2 Å². The lowest BCUT2D eigenvalue weighted by Crippen LogP contribution is -2.15. The van der Waals surface area contributed by atoms with E-state index in [1.54, 1.807) is 18.9 Å². The largest absolute Gasteiger partial charge is 0.490 e. The number of rotatable bonds is 6. The number of nitrogen functional groups attached to an aromatic ring is 1. The van der Waals surface area contributed by atoms with Gasteiger partial charge in [-0.05, 0) is 18.4 Å². The molecule has 3 N–H and O–H groups in total. The van der Waals surface area contributed by atoms with Gasteiger partial charge in [0.25, 0.3) is 0 Å². The van der Waals surface area contributed by atoms with Crippen LogP contribution in [0.15, 0.2) is 23.1 Å². The molecule has 0 atom stereocenters. The normalized spacial score (nSPS) is 10.1. The van der Waals surface area contributed by atoms with Crippen LogP contribution in [-0.4, -0.2) is 32.4 Å². The number of amidine groups is 1. The summed E-state index contributed by atoms with van der Waals surface area (Å²) in [7, 11) is 1.62. The van der Waals surface area contributed by atoms with Gasteiger partial charge in [0, 0.05) is 12.0 Å². The van der Waals surface area contributed by atoms with Crippen molar-refractivity contribution >= 4 is 17.6 Å². The maximum Gasteiger partial charge on any atom is 0.131 e. The molecule has 0 aliphatic heterocycles. The number of nitrogens with one attached hydrogen (secondary N) is 1. The number of hydrogen-bond donors (Lipinski definition) is 2. The average Bonchev–Trinajstić information content (AvgIpc) is 2.28. The van der Waals surface area contributed by atoms with Gasteiger partial charge in [-0.2, -0.15) is 0 Å². The quantitative estimate of drug-likeness (QED) is 0.344. The number of benzene rings is 1. The second kappa shape index (κ2) is 6.40. The van der Waals surface area contributed by atoms with Gasteiger partial charge in [-0.25, -0.2) is 0 Å². The Bertz CT molecular complexity index is 369. The minimum absolute atomic E-state index is 0.0253. The smallest absolute Gasteiger partial charge is 0.131 e. The summed E-state index contributed by atoms with van der Waals surface area (Å²) >= 11 is 1.55. The summed E-state index contributed by atoms with van der Waals surface area (Å²) in [6.07, 6.45) is 1.95. The molecule has 0 saturated carbocycles. The molecule has 0 aliphatic rings. The number of hydrogen-bond acceptors (Lipinski definition) is 4. The van der Waals surface area contributed by atoms with Gasteiger partial charge in [-0.15, -0.1) is 11.8 Å². The van der Waals surface area contributed by atoms with E-state index in [0.717, 1.165) is 4.90 Å². The van der Waals surface area contributed by atoms with Gasteiger partial charge >= 0.3 is 0 Å². The zero-order chi connectivity index (χ0) is 12.0. The molecule has 1 aromatic carbocycles. The molecule has 5 heteroatoms. The summed E-state index contributed by atoms with van der Waals surface area (Å²) in [5, 5.41) is 7.55. The molecule has 4 nitrogen and oxygen atoms in total. The molecular weight excluding hydrogens is 224 g/mol. The van der Waals surface area contributed by atoms with Crippen LogP contribution in [0.1, 0.15) is 5.56 Å². The molecule has 1 rings (SSSR count). The second-order valence-electron chi connectivity index (χ2n) is 3.09. The fraction of sp³-hybridized carbons (Fsp3) is 0.364.